The van der Waals surface area contributed by atoms with Gasteiger partial charge in [-0.1, -0.05) is 29.8 Å². The highest BCUT2D eigenvalue weighted by molar-refractivity contribution is 6.34. The second-order valence-electron chi connectivity index (χ2n) is 6.40. The predicted octanol–water partition coefficient (Wildman–Crippen LogP) is 2.59. The second kappa shape index (κ2) is 5.56. The summed E-state index contributed by atoms with van der Waals surface area (Å²) < 4.78 is 3.11. The number of hydrogen-bond donors (Lipinski definition) is 0. The predicted molar refractivity (Wildman–Crippen MR) is 98.1 cm³/mol. The van der Waals surface area contributed by atoms with E-state index in [9.17, 15) is 14.4 Å². The lowest BCUT2D eigenvalue weighted by atomic mass is 10.1. The zero-order chi connectivity index (χ0) is 18.6. The van der Waals surface area contributed by atoms with Crippen molar-refractivity contribution in [2.24, 2.45) is 7.05 Å². The van der Waals surface area contributed by atoms with Gasteiger partial charge in [0.15, 0.2) is 0 Å². The molecule has 6 heteroatoms. The fourth-order valence-corrected chi connectivity index (χ4v) is 3.37. The highest BCUT2D eigenvalue weighted by Gasteiger charge is 2.40. The molecule has 1 aliphatic rings. The third-order valence-electron chi connectivity index (χ3n) is 4.79. The van der Waals surface area contributed by atoms with Gasteiger partial charge in [0.25, 0.3) is 17.4 Å². The first-order valence-corrected chi connectivity index (χ1v) is 8.25. The number of imide groups is 1. The molecule has 3 aromatic rings. The molecule has 4 rings (SSSR count). The molecule has 1 aliphatic heterocycles. The van der Waals surface area contributed by atoms with E-state index in [0.29, 0.717) is 22.5 Å². The molecule has 2 amide bonds. The normalized spacial score (nSPS) is 13.4. The fourth-order valence-electron chi connectivity index (χ4n) is 3.37. The Hall–Kier alpha value is -3.41. The quantitative estimate of drug-likeness (QED) is 0.669. The number of amides is 2. The molecule has 2 heterocycles. The van der Waals surface area contributed by atoms with Crippen molar-refractivity contribution < 1.29 is 9.59 Å². The van der Waals surface area contributed by atoms with E-state index in [0.717, 1.165) is 10.5 Å². The Morgan fingerprint density at radius 2 is 1.46 bits per heavy atom. The zero-order valence-corrected chi connectivity index (χ0v) is 14.7. The Bertz CT molecular complexity index is 1120. The summed E-state index contributed by atoms with van der Waals surface area (Å²) in [5.74, 6) is -0.921. The van der Waals surface area contributed by atoms with E-state index in [1.807, 2.05) is 25.1 Å². The van der Waals surface area contributed by atoms with Crippen LogP contribution in [0.25, 0.3) is 5.69 Å². The SMILES string of the molecule is Cc1ccc2c(c1)C(=O)N(c1c(C)n(C)n(-c3ccccc3)c1=O)C2=O. The van der Waals surface area contributed by atoms with Gasteiger partial charge < -0.3 is 0 Å². The molecule has 6 nitrogen and oxygen atoms in total. The maximum absolute atomic E-state index is 13.1. The molecule has 0 fully saturated rings. The van der Waals surface area contributed by atoms with Crippen LogP contribution in [0.5, 0.6) is 0 Å². The van der Waals surface area contributed by atoms with Gasteiger partial charge in [0.1, 0.15) is 5.69 Å². The van der Waals surface area contributed by atoms with Gasteiger partial charge in [-0.25, -0.2) is 9.58 Å². The molecule has 0 saturated heterocycles. The van der Waals surface area contributed by atoms with E-state index in [1.165, 1.54) is 4.68 Å². The van der Waals surface area contributed by atoms with Crippen LogP contribution in [0, 0.1) is 13.8 Å². The second-order valence-corrected chi connectivity index (χ2v) is 6.40. The number of anilines is 1. The monoisotopic (exact) mass is 347 g/mol. The third-order valence-corrected chi connectivity index (χ3v) is 4.79. The molecule has 130 valence electrons. The average molecular weight is 347 g/mol. The summed E-state index contributed by atoms with van der Waals surface area (Å²) in [5, 5.41) is 0. The molecular weight excluding hydrogens is 330 g/mol. The van der Waals surface area contributed by atoms with Crippen LogP contribution in [0.15, 0.2) is 53.3 Å². The van der Waals surface area contributed by atoms with Gasteiger partial charge in [-0.3, -0.25) is 19.1 Å². The molecule has 0 bridgehead atoms. The Balaban J connectivity index is 1.92. The van der Waals surface area contributed by atoms with Crippen molar-refractivity contribution >= 4 is 17.5 Å². The molecule has 2 aromatic carbocycles. The maximum Gasteiger partial charge on any atom is 0.296 e. The van der Waals surface area contributed by atoms with Crippen LogP contribution in [-0.2, 0) is 7.05 Å². The number of nitrogens with zero attached hydrogens (tertiary/aromatic N) is 3. The van der Waals surface area contributed by atoms with Gasteiger partial charge in [-0.05, 0) is 38.1 Å². The topological polar surface area (TPSA) is 64.3 Å². The smallest absolute Gasteiger partial charge is 0.283 e. The molecule has 0 atom stereocenters. The molecule has 0 spiro atoms. The van der Waals surface area contributed by atoms with Gasteiger partial charge in [0.05, 0.1) is 22.5 Å². The highest BCUT2D eigenvalue weighted by Crippen LogP contribution is 2.29. The van der Waals surface area contributed by atoms with Crippen molar-refractivity contribution in [2.75, 3.05) is 4.90 Å². The van der Waals surface area contributed by atoms with Crippen molar-refractivity contribution in [3.63, 3.8) is 0 Å². The van der Waals surface area contributed by atoms with E-state index in [1.54, 1.807) is 49.0 Å². The van der Waals surface area contributed by atoms with Crippen molar-refractivity contribution in [1.29, 1.82) is 0 Å². The third kappa shape index (κ3) is 2.08. The highest BCUT2D eigenvalue weighted by atomic mass is 16.2. The Morgan fingerprint density at radius 3 is 2.15 bits per heavy atom. The van der Waals surface area contributed by atoms with Crippen molar-refractivity contribution in [3.8, 4) is 5.69 Å². The largest absolute Gasteiger partial charge is 0.296 e. The number of benzene rings is 2. The van der Waals surface area contributed by atoms with Crippen LogP contribution in [0.4, 0.5) is 5.69 Å². The van der Waals surface area contributed by atoms with E-state index in [2.05, 4.69) is 0 Å². The number of carbonyl (C=O) groups is 2. The number of para-hydroxylation sites is 1. The lowest BCUT2D eigenvalue weighted by Crippen LogP contribution is -2.34. The van der Waals surface area contributed by atoms with Crippen LogP contribution in [-0.4, -0.2) is 21.2 Å². The number of aryl methyl sites for hydroxylation is 1. The summed E-state index contributed by atoms with van der Waals surface area (Å²) in [6, 6.07) is 14.2. The van der Waals surface area contributed by atoms with Crippen LogP contribution < -0.4 is 10.5 Å². The number of fused-ring (bicyclic) bond motifs is 1. The van der Waals surface area contributed by atoms with E-state index in [4.69, 9.17) is 0 Å². The maximum atomic E-state index is 13.1. The van der Waals surface area contributed by atoms with Gasteiger partial charge >= 0.3 is 0 Å². The molecule has 26 heavy (non-hydrogen) atoms. The first-order chi connectivity index (χ1) is 12.4. The molecule has 0 radical (unpaired) electrons. The first-order valence-electron chi connectivity index (χ1n) is 8.25. The van der Waals surface area contributed by atoms with E-state index >= 15 is 0 Å². The Kier molecular flexibility index (Phi) is 3.44. The minimum atomic E-state index is -0.462. The van der Waals surface area contributed by atoms with Gasteiger partial charge in [-0.15, -0.1) is 0 Å². The lowest BCUT2D eigenvalue weighted by Gasteiger charge is -2.11. The lowest BCUT2D eigenvalue weighted by molar-refractivity contribution is 0.0925. The number of carbonyl (C=O) groups excluding carboxylic acids is 2. The minimum absolute atomic E-state index is 0.0974. The summed E-state index contributed by atoms with van der Waals surface area (Å²) in [6.45, 7) is 3.59. The molecule has 0 N–H and O–H groups in total. The van der Waals surface area contributed by atoms with Crippen LogP contribution in [0.1, 0.15) is 32.0 Å². The number of rotatable bonds is 2. The van der Waals surface area contributed by atoms with Crippen molar-refractivity contribution in [1.82, 2.24) is 9.36 Å². The van der Waals surface area contributed by atoms with Crippen LogP contribution in [0.2, 0.25) is 0 Å². The average Bonchev–Trinajstić information content (AvgIpc) is 2.99. The summed E-state index contributed by atoms with van der Waals surface area (Å²) in [4.78, 5) is 39.8. The summed E-state index contributed by atoms with van der Waals surface area (Å²) in [5.41, 5.74) is 2.46. The van der Waals surface area contributed by atoms with Crippen LogP contribution in [0.3, 0.4) is 0 Å². The van der Waals surface area contributed by atoms with Crippen LogP contribution >= 0.6 is 0 Å². The number of aromatic nitrogens is 2. The first kappa shape index (κ1) is 16.1. The summed E-state index contributed by atoms with van der Waals surface area (Å²) >= 11 is 0. The van der Waals surface area contributed by atoms with E-state index in [-0.39, 0.29) is 5.69 Å². The van der Waals surface area contributed by atoms with Crippen molar-refractivity contribution in [3.05, 3.63) is 81.3 Å². The van der Waals surface area contributed by atoms with E-state index < -0.39 is 17.4 Å². The Labute approximate surface area is 149 Å². The minimum Gasteiger partial charge on any atom is -0.283 e. The molecule has 0 unspecified atom stereocenters. The molecular formula is C20H17N3O3. The molecule has 0 aliphatic carbocycles. The summed E-state index contributed by atoms with van der Waals surface area (Å²) in [6.07, 6.45) is 0. The standard InChI is InChI=1S/C20H17N3O3/c1-12-9-10-15-16(11-12)19(25)22(18(15)24)17-13(2)21(3)23(20(17)26)14-7-5-4-6-8-14/h4-11H,1-3H3. The van der Waals surface area contributed by atoms with Gasteiger partial charge in [0.2, 0.25) is 0 Å². The summed E-state index contributed by atoms with van der Waals surface area (Å²) in [7, 11) is 1.73. The zero-order valence-electron chi connectivity index (χ0n) is 14.7. The fraction of sp³-hybridized carbons (Fsp3) is 0.150. The number of hydrogen-bond acceptors (Lipinski definition) is 3. The Morgan fingerprint density at radius 1 is 0.808 bits per heavy atom. The molecule has 0 saturated carbocycles. The van der Waals surface area contributed by atoms with Gasteiger partial charge in [0, 0.05) is 7.05 Å². The van der Waals surface area contributed by atoms with Gasteiger partial charge in [-0.2, -0.15) is 0 Å². The van der Waals surface area contributed by atoms with Crippen molar-refractivity contribution in [2.45, 2.75) is 13.8 Å². The molecule has 1 aromatic heterocycles.